The van der Waals surface area contributed by atoms with Gasteiger partial charge in [-0.3, -0.25) is 4.79 Å². The van der Waals surface area contributed by atoms with Crippen LogP contribution in [0.5, 0.6) is 0 Å². The summed E-state index contributed by atoms with van der Waals surface area (Å²) in [5.41, 5.74) is 0. The van der Waals surface area contributed by atoms with Crippen molar-refractivity contribution in [3.05, 3.63) is 0 Å². The summed E-state index contributed by atoms with van der Waals surface area (Å²) in [6, 6.07) is 0. The van der Waals surface area contributed by atoms with Crippen molar-refractivity contribution < 1.29 is 4.79 Å². The van der Waals surface area contributed by atoms with Crippen molar-refractivity contribution in [1.29, 1.82) is 0 Å². The highest BCUT2D eigenvalue weighted by Gasteiger charge is 2.23. The minimum absolute atomic E-state index is 0.247. The van der Waals surface area contributed by atoms with E-state index in [-0.39, 0.29) is 5.91 Å². The van der Waals surface area contributed by atoms with E-state index in [9.17, 15) is 4.79 Å². The molecule has 1 aliphatic rings. The van der Waals surface area contributed by atoms with Gasteiger partial charge in [-0.25, -0.2) is 0 Å². The van der Waals surface area contributed by atoms with Crippen LogP contribution >= 0.6 is 0 Å². The average Bonchev–Trinajstić information content (AvgIpc) is 2.50. The first-order chi connectivity index (χ1) is 6.26. The second-order valence-electron chi connectivity index (χ2n) is 4.17. The van der Waals surface area contributed by atoms with Gasteiger partial charge in [0.2, 0.25) is 5.91 Å². The molecule has 0 aliphatic carbocycles. The Labute approximate surface area is 81.1 Å². The van der Waals surface area contributed by atoms with E-state index in [1.165, 1.54) is 25.7 Å². The summed E-state index contributed by atoms with van der Waals surface area (Å²) < 4.78 is 0. The highest BCUT2D eigenvalue weighted by molar-refractivity contribution is 5.78. The summed E-state index contributed by atoms with van der Waals surface area (Å²) >= 11 is 0. The van der Waals surface area contributed by atoms with E-state index in [0.717, 1.165) is 18.9 Å². The third-order valence-electron chi connectivity index (χ3n) is 3.00. The summed E-state index contributed by atoms with van der Waals surface area (Å²) in [6.45, 7) is 5.41. The topological polar surface area (TPSA) is 29.1 Å². The molecule has 0 radical (unpaired) electrons. The largest absolute Gasteiger partial charge is 0.356 e. The maximum atomic E-state index is 11.0. The van der Waals surface area contributed by atoms with Crippen LogP contribution in [0.3, 0.4) is 0 Å². The van der Waals surface area contributed by atoms with Crippen LogP contribution in [0.25, 0.3) is 0 Å². The van der Waals surface area contributed by atoms with Gasteiger partial charge in [0, 0.05) is 13.0 Å². The van der Waals surface area contributed by atoms with E-state index in [0.29, 0.717) is 5.92 Å². The molecule has 13 heavy (non-hydrogen) atoms. The van der Waals surface area contributed by atoms with Crippen molar-refractivity contribution in [3.63, 3.8) is 0 Å². The fourth-order valence-electron chi connectivity index (χ4n) is 2.20. The molecule has 0 bridgehead atoms. The molecule has 0 spiro atoms. The minimum atomic E-state index is 0.247. The second kappa shape index (κ2) is 5.25. The summed E-state index contributed by atoms with van der Waals surface area (Å²) in [5.74, 6) is 1.70. The molecule has 1 heterocycles. The Morgan fingerprint density at radius 2 is 2.31 bits per heavy atom. The smallest absolute Gasteiger partial charge is 0.220 e. The number of hydrogen-bond donors (Lipinski definition) is 1. The first-order valence-corrected chi connectivity index (χ1v) is 5.52. The van der Waals surface area contributed by atoms with Gasteiger partial charge in [-0.15, -0.1) is 0 Å². The maximum absolute atomic E-state index is 11.0. The number of carbonyl (C=O) groups is 1. The maximum Gasteiger partial charge on any atom is 0.220 e. The molecule has 2 unspecified atom stereocenters. The lowest BCUT2D eigenvalue weighted by Crippen LogP contribution is -2.15. The van der Waals surface area contributed by atoms with Gasteiger partial charge in [-0.1, -0.05) is 33.1 Å². The third kappa shape index (κ3) is 3.37. The Morgan fingerprint density at radius 3 is 2.77 bits per heavy atom. The zero-order valence-electron chi connectivity index (χ0n) is 8.81. The van der Waals surface area contributed by atoms with Crippen LogP contribution in [0, 0.1) is 11.8 Å². The van der Waals surface area contributed by atoms with Crippen molar-refractivity contribution >= 4 is 5.91 Å². The van der Waals surface area contributed by atoms with E-state index in [4.69, 9.17) is 0 Å². The Kier molecular flexibility index (Phi) is 4.26. The fraction of sp³-hybridized carbons (Fsp3) is 0.909. The van der Waals surface area contributed by atoms with Gasteiger partial charge in [0.1, 0.15) is 0 Å². The van der Waals surface area contributed by atoms with Gasteiger partial charge in [-0.2, -0.15) is 0 Å². The van der Waals surface area contributed by atoms with E-state index in [1.54, 1.807) is 0 Å². The predicted molar refractivity (Wildman–Crippen MR) is 54.4 cm³/mol. The van der Waals surface area contributed by atoms with E-state index in [2.05, 4.69) is 19.2 Å². The Balaban J connectivity index is 2.25. The summed E-state index contributed by atoms with van der Waals surface area (Å²) in [5, 5.41) is 2.90. The van der Waals surface area contributed by atoms with Crippen molar-refractivity contribution in [2.45, 2.75) is 46.0 Å². The lowest BCUT2D eigenvalue weighted by molar-refractivity contribution is -0.119. The molecule has 0 aromatic rings. The van der Waals surface area contributed by atoms with Crippen molar-refractivity contribution in [2.24, 2.45) is 11.8 Å². The number of rotatable bonds is 5. The van der Waals surface area contributed by atoms with Gasteiger partial charge in [0.25, 0.3) is 0 Å². The molecule has 1 N–H and O–H groups in total. The van der Waals surface area contributed by atoms with Gasteiger partial charge in [0.15, 0.2) is 0 Å². The third-order valence-corrected chi connectivity index (χ3v) is 3.00. The van der Waals surface area contributed by atoms with Crippen LogP contribution < -0.4 is 5.32 Å². The van der Waals surface area contributed by atoms with Crippen molar-refractivity contribution in [2.75, 3.05) is 6.54 Å². The van der Waals surface area contributed by atoms with Gasteiger partial charge >= 0.3 is 0 Å². The van der Waals surface area contributed by atoms with Crippen LogP contribution in [0.1, 0.15) is 46.0 Å². The quantitative estimate of drug-likeness (QED) is 0.696. The zero-order valence-corrected chi connectivity index (χ0v) is 8.81. The summed E-state index contributed by atoms with van der Waals surface area (Å²) in [4.78, 5) is 11.0. The fourth-order valence-corrected chi connectivity index (χ4v) is 2.20. The molecule has 2 nitrogen and oxygen atoms in total. The molecule has 1 fully saturated rings. The number of carbonyl (C=O) groups excluding carboxylic acids is 1. The van der Waals surface area contributed by atoms with Crippen LogP contribution in [-0.2, 0) is 4.79 Å². The molecule has 1 amide bonds. The first-order valence-electron chi connectivity index (χ1n) is 5.52. The lowest BCUT2D eigenvalue weighted by atomic mass is 9.89. The van der Waals surface area contributed by atoms with Crippen LogP contribution in [0.15, 0.2) is 0 Å². The van der Waals surface area contributed by atoms with Crippen LogP contribution in [0.2, 0.25) is 0 Å². The van der Waals surface area contributed by atoms with Gasteiger partial charge in [0.05, 0.1) is 0 Å². The van der Waals surface area contributed by atoms with E-state index in [1.807, 2.05) is 0 Å². The predicted octanol–water partition coefficient (Wildman–Crippen LogP) is 2.34. The first kappa shape index (κ1) is 10.6. The molecule has 1 aliphatic heterocycles. The highest BCUT2D eigenvalue weighted by Crippen LogP contribution is 2.24. The number of amides is 1. The lowest BCUT2D eigenvalue weighted by Gasteiger charge is -2.16. The standard InChI is InChI=1S/C11H21NO/c1-3-5-9(4-2)6-10-7-11(13)12-8-10/h9-10H,3-8H2,1-2H3,(H,12,13). The van der Waals surface area contributed by atoms with Gasteiger partial charge in [-0.05, 0) is 18.3 Å². The van der Waals surface area contributed by atoms with Crippen LogP contribution in [-0.4, -0.2) is 12.5 Å². The number of nitrogens with one attached hydrogen (secondary N) is 1. The van der Waals surface area contributed by atoms with E-state index >= 15 is 0 Å². The summed E-state index contributed by atoms with van der Waals surface area (Å²) in [6.07, 6.45) is 5.86. The zero-order chi connectivity index (χ0) is 9.68. The SMILES string of the molecule is CCCC(CC)CC1CNC(=O)C1. The van der Waals surface area contributed by atoms with E-state index < -0.39 is 0 Å². The minimum Gasteiger partial charge on any atom is -0.356 e. The monoisotopic (exact) mass is 183 g/mol. The average molecular weight is 183 g/mol. The molecule has 0 aromatic carbocycles. The van der Waals surface area contributed by atoms with Gasteiger partial charge < -0.3 is 5.32 Å². The normalized spacial score (nSPS) is 24.5. The second-order valence-corrected chi connectivity index (χ2v) is 4.17. The molecule has 2 heteroatoms. The molecular formula is C11H21NO. The molecule has 76 valence electrons. The highest BCUT2D eigenvalue weighted by atomic mass is 16.1. The van der Waals surface area contributed by atoms with Crippen LogP contribution in [0.4, 0.5) is 0 Å². The Hall–Kier alpha value is -0.530. The Bertz CT molecular complexity index is 167. The molecule has 0 aromatic heterocycles. The molecule has 0 saturated carbocycles. The van der Waals surface area contributed by atoms with Crippen molar-refractivity contribution in [3.8, 4) is 0 Å². The number of hydrogen-bond acceptors (Lipinski definition) is 1. The molecule has 1 rings (SSSR count). The Morgan fingerprint density at radius 1 is 1.54 bits per heavy atom. The molecular weight excluding hydrogens is 162 g/mol. The summed E-state index contributed by atoms with van der Waals surface area (Å²) in [7, 11) is 0. The molecule has 2 atom stereocenters. The molecule has 1 saturated heterocycles. The van der Waals surface area contributed by atoms with Crippen molar-refractivity contribution in [1.82, 2.24) is 5.32 Å².